The second kappa shape index (κ2) is 75.5. The predicted octanol–water partition coefficient (Wildman–Crippen LogP) is 25.5. The Morgan fingerprint density at radius 2 is 0.447 bits per heavy atom. The second-order valence-electron chi connectivity index (χ2n) is 31.2. The lowest BCUT2D eigenvalue weighted by Gasteiger charge is -2.21. The predicted molar refractivity (Wildman–Crippen MR) is 423 cm³/mol. The molecule has 0 aromatic rings. The molecule has 19 heteroatoms. The van der Waals surface area contributed by atoms with Crippen molar-refractivity contribution in [1.82, 2.24) is 0 Å². The summed E-state index contributed by atoms with van der Waals surface area (Å²) in [5, 5.41) is 10.7. The number of phosphoric ester groups is 2. The maximum absolute atomic E-state index is 13.1. The minimum atomic E-state index is -4.96. The second-order valence-corrected chi connectivity index (χ2v) is 34.1. The molecule has 0 saturated heterocycles. The van der Waals surface area contributed by atoms with Crippen molar-refractivity contribution in [1.29, 1.82) is 0 Å². The van der Waals surface area contributed by atoms with Crippen LogP contribution in [0.4, 0.5) is 0 Å². The highest BCUT2D eigenvalue weighted by Crippen LogP contribution is 2.45. The van der Waals surface area contributed by atoms with Crippen LogP contribution in [0.5, 0.6) is 0 Å². The Kier molecular flexibility index (Phi) is 74.1. The van der Waals surface area contributed by atoms with Gasteiger partial charge in [-0.3, -0.25) is 37.3 Å². The van der Waals surface area contributed by atoms with Gasteiger partial charge in [0.05, 0.1) is 26.4 Å². The van der Waals surface area contributed by atoms with E-state index in [1.807, 2.05) is 0 Å². The number of hydrogen-bond donors (Lipinski definition) is 3. The van der Waals surface area contributed by atoms with Gasteiger partial charge in [0.15, 0.2) is 12.2 Å². The van der Waals surface area contributed by atoms with Gasteiger partial charge in [0.1, 0.15) is 19.3 Å². The molecule has 0 radical (unpaired) electrons. The van der Waals surface area contributed by atoms with E-state index in [0.29, 0.717) is 25.7 Å². The lowest BCUT2D eigenvalue weighted by molar-refractivity contribution is -0.161. The molecule has 0 amide bonds. The first kappa shape index (κ1) is 101. The molecule has 0 fully saturated rings. The van der Waals surface area contributed by atoms with Crippen LogP contribution in [-0.4, -0.2) is 96.7 Å². The first-order valence-corrected chi connectivity index (χ1v) is 46.5. The Morgan fingerprint density at radius 3 is 0.660 bits per heavy atom. The zero-order valence-corrected chi connectivity index (χ0v) is 69.4. The van der Waals surface area contributed by atoms with Gasteiger partial charge in [-0.15, -0.1) is 0 Å². The van der Waals surface area contributed by atoms with E-state index in [2.05, 4.69) is 41.5 Å². The van der Waals surface area contributed by atoms with Crippen LogP contribution in [0.3, 0.4) is 0 Å². The molecule has 0 aliphatic heterocycles. The highest BCUT2D eigenvalue weighted by molar-refractivity contribution is 7.47. The fraction of sp³-hybridized carbons (Fsp3) is 0.952. The van der Waals surface area contributed by atoms with Gasteiger partial charge in [-0.25, -0.2) is 9.13 Å². The van der Waals surface area contributed by atoms with Crippen LogP contribution < -0.4 is 0 Å². The lowest BCUT2D eigenvalue weighted by Crippen LogP contribution is -2.30. The summed E-state index contributed by atoms with van der Waals surface area (Å²) in [4.78, 5) is 73.1. The van der Waals surface area contributed by atoms with Crippen molar-refractivity contribution in [3.63, 3.8) is 0 Å². The Balaban J connectivity index is 5.24. The number of aliphatic hydroxyl groups excluding tert-OH is 1. The summed E-state index contributed by atoms with van der Waals surface area (Å²) < 4.78 is 68.8. The van der Waals surface area contributed by atoms with Crippen LogP contribution >= 0.6 is 15.6 Å². The average molecular weight is 1510 g/mol. The molecule has 0 aliphatic carbocycles. The van der Waals surface area contributed by atoms with E-state index in [1.54, 1.807) is 0 Å². The van der Waals surface area contributed by atoms with Crippen molar-refractivity contribution in [3.8, 4) is 0 Å². The van der Waals surface area contributed by atoms with Crippen molar-refractivity contribution >= 4 is 39.5 Å². The third kappa shape index (κ3) is 78.0. The number of esters is 4. The minimum Gasteiger partial charge on any atom is -0.462 e. The Labute approximate surface area is 632 Å². The van der Waals surface area contributed by atoms with Crippen LogP contribution in [0.2, 0.25) is 0 Å². The largest absolute Gasteiger partial charge is 0.472 e. The number of ether oxygens (including phenoxy) is 4. The van der Waals surface area contributed by atoms with Crippen molar-refractivity contribution in [2.24, 2.45) is 11.8 Å². The fourth-order valence-corrected chi connectivity index (χ4v) is 14.6. The zero-order chi connectivity index (χ0) is 75.6. The standard InChI is InChI=1S/C84H164O17P2/c1-7-9-11-13-15-17-19-21-23-30-33-37-41-48-54-60-66-81(86)94-72-79(100-83(88)69-63-57-51-43-39-35-31-27-25-24-26-29-32-36-40-46-52-58-64-76(3)4)74-98-102(90,91)96-70-78(85)71-97-103(92,93)99-75-80(73-95-82(87)67-61-55-49-45-44-47-53-59-65-77(5)6)101-84(89)68-62-56-50-42-38-34-28-22-20-18-16-14-12-10-8-2/h76-80,85H,7-75H2,1-6H3,(H,90,91)(H,92,93)/t78-,79-,80-/m1/s1. The Hall–Kier alpha value is -1.94. The van der Waals surface area contributed by atoms with Gasteiger partial charge in [-0.1, -0.05) is 395 Å². The molecule has 0 aromatic carbocycles. The van der Waals surface area contributed by atoms with E-state index < -0.39 is 97.5 Å². The van der Waals surface area contributed by atoms with Crippen LogP contribution in [0, 0.1) is 11.8 Å². The van der Waals surface area contributed by atoms with E-state index in [-0.39, 0.29) is 25.7 Å². The van der Waals surface area contributed by atoms with Crippen LogP contribution in [0.15, 0.2) is 0 Å². The minimum absolute atomic E-state index is 0.108. The third-order valence-electron chi connectivity index (χ3n) is 19.7. The van der Waals surface area contributed by atoms with E-state index in [9.17, 15) is 43.2 Å². The lowest BCUT2D eigenvalue weighted by atomic mass is 10.0. The van der Waals surface area contributed by atoms with Crippen LogP contribution in [0.1, 0.15) is 446 Å². The Bertz CT molecular complexity index is 1980. The molecule has 0 saturated carbocycles. The molecular weight excluding hydrogens is 1340 g/mol. The van der Waals surface area contributed by atoms with Gasteiger partial charge in [0.25, 0.3) is 0 Å². The molecule has 3 N–H and O–H groups in total. The quantitative estimate of drug-likeness (QED) is 0.0222. The molecule has 0 spiro atoms. The maximum Gasteiger partial charge on any atom is 0.472 e. The zero-order valence-electron chi connectivity index (χ0n) is 67.6. The molecule has 103 heavy (non-hydrogen) atoms. The summed E-state index contributed by atoms with van der Waals surface area (Å²) >= 11 is 0. The molecule has 0 bridgehead atoms. The van der Waals surface area contributed by atoms with E-state index in [1.165, 1.54) is 263 Å². The molecule has 612 valence electrons. The first-order chi connectivity index (χ1) is 49.9. The topological polar surface area (TPSA) is 237 Å². The summed E-state index contributed by atoms with van der Waals surface area (Å²) in [6.07, 6.45) is 66.6. The Morgan fingerprint density at radius 1 is 0.262 bits per heavy atom. The molecule has 0 aromatic heterocycles. The first-order valence-electron chi connectivity index (χ1n) is 43.5. The normalized spacial score (nSPS) is 13.9. The summed E-state index contributed by atoms with van der Waals surface area (Å²) in [7, 11) is -9.92. The summed E-state index contributed by atoms with van der Waals surface area (Å²) in [6, 6.07) is 0. The van der Waals surface area contributed by atoms with Gasteiger partial charge >= 0.3 is 39.5 Å². The van der Waals surface area contributed by atoms with E-state index in [4.69, 9.17) is 37.0 Å². The molecule has 0 rings (SSSR count). The molecule has 17 nitrogen and oxygen atoms in total. The number of aliphatic hydroxyl groups is 1. The third-order valence-corrected chi connectivity index (χ3v) is 21.6. The van der Waals surface area contributed by atoms with Crippen molar-refractivity contribution in [2.75, 3.05) is 39.6 Å². The van der Waals surface area contributed by atoms with Crippen molar-refractivity contribution in [3.05, 3.63) is 0 Å². The summed E-state index contributed by atoms with van der Waals surface area (Å²) in [5.74, 6) is -0.557. The monoisotopic (exact) mass is 1510 g/mol. The van der Waals surface area contributed by atoms with Crippen LogP contribution in [-0.2, 0) is 65.4 Å². The highest BCUT2D eigenvalue weighted by Gasteiger charge is 2.30. The number of unbranched alkanes of at least 4 members (excludes halogenated alkanes) is 53. The number of hydrogen-bond acceptors (Lipinski definition) is 15. The number of phosphoric acid groups is 2. The van der Waals surface area contributed by atoms with Crippen LogP contribution in [0.25, 0.3) is 0 Å². The smallest absolute Gasteiger partial charge is 0.462 e. The molecule has 0 heterocycles. The SMILES string of the molecule is CCCCCCCCCCCCCCCCCCC(=O)OC[C@H](COP(=O)(O)OC[C@@H](O)COP(=O)(O)OC[C@@H](COC(=O)CCCCCCCCCCC(C)C)OC(=O)CCCCCCCCCCCCCCCCC)OC(=O)CCCCCCCCCCCCCCCCCCCCC(C)C. The van der Waals surface area contributed by atoms with Gasteiger partial charge in [-0.05, 0) is 37.5 Å². The summed E-state index contributed by atoms with van der Waals surface area (Å²) in [6.45, 7) is 9.66. The van der Waals surface area contributed by atoms with Gasteiger partial charge in [-0.2, -0.15) is 0 Å². The average Bonchev–Trinajstić information content (AvgIpc) is 0.912. The summed E-state index contributed by atoms with van der Waals surface area (Å²) in [5.41, 5.74) is 0. The van der Waals surface area contributed by atoms with Crippen molar-refractivity contribution in [2.45, 2.75) is 464 Å². The number of carbonyl (C=O) groups is 4. The molecule has 2 unspecified atom stereocenters. The maximum atomic E-state index is 13.1. The molecular formula is C84H164O17P2. The fourth-order valence-electron chi connectivity index (χ4n) is 13.1. The molecule has 5 atom stereocenters. The van der Waals surface area contributed by atoms with Gasteiger partial charge in [0, 0.05) is 25.7 Å². The van der Waals surface area contributed by atoms with E-state index in [0.717, 1.165) is 102 Å². The highest BCUT2D eigenvalue weighted by atomic mass is 31.2. The van der Waals surface area contributed by atoms with Gasteiger partial charge < -0.3 is 33.8 Å². The number of carbonyl (C=O) groups excluding carboxylic acids is 4. The van der Waals surface area contributed by atoms with E-state index >= 15 is 0 Å². The molecule has 0 aliphatic rings. The van der Waals surface area contributed by atoms with Gasteiger partial charge in [0.2, 0.25) is 0 Å². The van der Waals surface area contributed by atoms with Crippen molar-refractivity contribution < 1.29 is 80.2 Å². The number of rotatable bonds is 83.